The number of methoxy groups -OCH3 is 1. The van der Waals surface area contributed by atoms with E-state index in [-0.39, 0.29) is 12.1 Å². The van der Waals surface area contributed by atoms with Gasteiger partial charge in [-0.3, -0.25) is 14.9 Å². The zero-order valence-corrected chi connectivity index (χ0v) is 18.0. The maximum atomic E-state index is 12.2. The summed E-state index contributed by atoms with van der Waals surface area (Å²) in [6, 6.07) is 13.4. The van der Waals surface area contributed by atoms with E-state index < -0.39 is 10.8 Å². The van der Waals surface area contributed by atoms with E-state index in [1.165, 1.54) is 12.3 Å². The van der Waals surface area contributed by atoms with Gasteiger partial charge in [-0.15, -0.1) is 0 Å². The van der Waals surface area contributed by atoms with Gasteiger partial charge in [-0.2, -0.15) is 5.10 Å². The lowest BCUT2D eigenvalue weighted by Crippen LogP contribution is -2.20. The highest BCUT2D eigenvalue weighted by molar-refractivity contribution is 6.30. The molecule has 3 rings (SSSR count). The van der Waals surface area contributed by atoms with Gasteiger partial charge in [-0.25, -0.2) is 5.43 Å². The quantitative estimate of drug-likeness (QED) is 0.335. The van der Waals surface area contributed by atoms with Crippen molar-refractivity contribution >= 4 is 29.4 Å². The van der Waals surface area contributed by atoms with Crippen LogP contribution < -0.4 is 10.2 Å². The van der Waals surface area contributed by atoms with Crippen LogP contribution in [0.2, 0.25) is 5.02 Å². The minimum Gasteiger partial charge on any atom is -0.495 e. The van der Waals surface area contributed by atoms with Gasteiger partial charge < -0.3 is 9.30 Å². The molecule has 2 aromatic carbocycles. The molecule has 1 N–H and O–H groups in total. The van der Waals surface area contributed by atoms with Crippen LogP contribution in [-0.4, -0.2) is 28.7 Å². The predicted molar refractivity (Wildman–Crippen MR) is 119 cm³/mol. The molecule has 0 radical (unpaired) electrons. The van der Waals surface area contributed by atoms with Crippen LogP contribution in [0.25, 0.3) is 5.69 Å². The number of hydrogen-bond donors (Lipinski definition) is 1. The van der Waals surface area contributed by atoms with Crippen molar-refractivity contribution in [3.8, 4) is 11.4 Å². The Hall–Kier alpha value is -3.65. The molecule has 9 heteroatoms. The average molecular weight is 441 g/mol. The number of hydrogen-bond acceptors (Lipinski definition) is 5. The Balaban J connectivity index is 1.77. The number of halogens is 1. The molecule has 0 unspecified atom stereocenters. The number of carbonyl (C=O) groups is 1. The molecule has 3 aromatic rings. The van der Waals surface area contributed by atoms with Crippen LogP contribution in [0.3, 0.4) is 0 Å². The van der Waals surface area contributed by atoms with E-state index in [0.717, 1.165) is 22.6 Å². The summed E-state index contributed by atoms with van der Waals surface area (Å²) in [5, 5.41) is 15.7. The van der Waals surface area contributed by atoms with E-state index in [0.29, 0.717) is 16.3 Å². The molecule has 0 aliphatic rings. The Morgan fingerprint density at radius 3 is 2.71 bits per heavy atom. The molecule has 0 saturated heterocycles. The number of nitro groups is 1. The number of amides is 1. The fourth-order valence-corrected chi connectivity index (χ4v) is 3.52. The van der Waals surface area contributed by atoms with Gasteiger partial charge in [-0.1, -0.05) is 29.8 Å². The molecule has 31 heavy (non-hydrogen) atoms. The van der Waals surface area contributed by atoms with Crippen molar-refractivity contribution in [2.24, 2.45) is 5.10 Å². The first-order chi connectivity index (χ1) is 14.8. The number of benzene rings is 2. The summed E-state index contributed by atoms with van der Waals surface area (Å²) in [5.41, 5.74) is 6.07. The summed E-state index contributed by atoms with van der Waals surface area (Å²) in [6.45, 7) is 3.86. The fraction of sp³-hybridized carbons (Fsp3) is 0.182. The molecule has 1 aromatic heterocycles. The second-order valence-corrected chi connectivity index (χ2v) is 7.27. The lowest BCUT2D eigenvalue weighted by Gasteiger charge is -2.14. The van der Waals surface area contributed by atoms with Crippen LogP contribution in [0.5, 0.6) is 5.75 Å². The topological polar surface area (TPSA) is 98.8 Å². The Morgan fingerprint density at radius 2 is 2.00 bits per heavy atom. The molecule has 1 heterocycles. The number of aryl methyl sites for hydroxylation is 1. The van der Waals surface area contributed by atoms with Crippen molar-refractivity contribution in [3.05, 3.63) is 86.2 Å². The van der Waals surface area contributed by atoms with Crippen molar-refractivity contribution in [2.75, 3.05) is 7.11 Å². The summed E-state index contributed by atoms with van der Waals surface area (Å²) in [5.74, 6) is 0.225. The molecule has 0 aliphatic heterocycles. The van der Waals surface area contributed by atoms with Crippen LogP contribution in [0.15, 0.2) is 53.6 Å². The van der Waals surface area contributed by atoms with Crippen molar-refractivity contribution in [2.45, 2.75) is 20.3 Å². The summed E-state index contributed by atoms with van der Waals surface area (Å²) in [4.78, 5) is 22.8. The summed E-state index contributed by atoms with van der Waals surface area (Å²) < 4.78 is 7.44. The minimum absolute atomic E-state index is 0.0966. The summed E-state index contributed by atoms with van der Waals surface area (Å²) in [7, 11) is 1.59. The van der Waals surface area contributed by atoms with E-state index >= 15 is 0 Å². The highest BCUT2D eigenvalue weighted by Crippen LogP contribution is 2.30. The molecular weight excluding hydrogens is 420 g/mol. The number of carbonyl (C=O) groups excluding carboxylic acids is 1. The van der Waals surface area contributed by atoms with Crippen LogP contribution in [0, 0.1) is 24.0 Å². The van der Waals surface area contributed by atoms with Gasteiger partial charge in [0.15, 0.2) is 0 Å². The molecule has 160 valence electrons. The lowest BCUT2D eigenvalue weighted by molar-refractivity contribution is -0.385. The van der Waals surface area contributed by atoms with Gasteiger partial charge in [-0.05, 0) is 38.1 Å². The SMILES string of the molecule is COc1ccc(Cl)cc1-n1c(C)cc(/C=N/NC(=O)Cc2ccccc2[N+](=O)[O-])c1C. The van der Waals surface area contributed by atoms with Crippen LogP contribution >= 0.6 is 11.6 Å². The van der Waals surface area contributed by atoms with E-state index in [1.54, 1.807) is 37.4 Å². The van der Waals surface area contributed by atoms with E-state index in [9.17, 15) is 14.9 Å². The molecular formula is C22H21ClN4O4. The smallest absolute Gasteiger partial charge is 0.273 e. The average Bonchev–Trinajstić information content (AvgIpc) is 3.01. The van der Waals surface area contributed by atoms with Gasteiger partial charge in [0.05, 0.1) is 30.4 Å². The van der Waals surface area contributed by atoms with Crippen LogP contribution in [0.1, 0.15) is 22.5 Å². The molecule has 0 fully saturated rings. The standard InChI is InChI=1S/C22H21ClN4O4/c1-14-10-17(15(2)26(14)20-12-18(23)8-9-21(20)31-3)13-24-25-22(28)11-16-6-4-5-7-19(16)27(29)30/h4-10,12-13H,11H2,1-3H3,(H,25,28)/b24-13+. The van der Waals surface area contributed by atoms with E-state index in [4.69, 9.17) is 16.3 Å². The molecule has 0 spiro atoms. The summed E-state index contributed by atoms with van der Waals surface area (Å²) >= 11 is 6.17. The molecule has 0 saturated carbocycles. The third-order valence-corrected chi connectivity index (χ3v) is 5.02. The molecule has 1 amide bonds. The number of rotatable bonds is 7. The number of hydrazone groups is 1. The Bertz CT molecular complexity index is 1170. The fourth-order valence-electron chi connectivity index (χ4n) is 3.35. The highest BCUT2D eigenvalue weighted by atomic mass is 35.5. The maximum Gasteiger partial charge on any atom is 0.273 e. The summed E-state index contributed by atoms with van der Waals surface area (Å²) in [6.07, 6.45) is 1.39. The van der Waals surface area contributed by atoms with Gasteiger partial charge in [0, 0.05) is 33.6 Å². The highest BCUT2D eigenvalue weighted by Gasteiger charge is 2.16. The Labute approximate surface area is 184 Å². The molecule has 0 aliphatic carbocycles. The number of para-hydroxylation sites is 1. The second kappa shape index (κ2) is 9.44. The van der Waals surface area contributed by atoms with Crippen molar-refractivity contribution in [3.63, 3.8) is 0 Å². The largest absolute Gasteiger partial charge is 0.495 e. The zero-order valence-electron chi connectivity index (χ0n) is 17.3. The lowest BCUT2D eigenvalue weighted by atomic mass is 10.1. The van der Waals surface area contributed by atoms with Gasteiger partial charge in [0.2, 0.25) is 5.91 Å². The molecule has 8 nitrogen and oxygen atoms in total. The number of aromatic nitrogens is 1. The van der Waals surface area contributed by atoms with Crippen LogP contribution in [-0.2, 0) is 11.2 Å². The number of ether oxygens (including phenoxy) is 1. The maximum absolute atomic E-state index is 12.2. The third-order valence-electron chi connectivity index (χ3n) is 4.78. The van der Waals surface area contributed by atoms with Crippen molar-refractivity contribution in [1.29, 1.82) is 0 Å². The Morgan fingerprint density at radius 1 is 1.26 bits per heavy atom. The number of nitrogens with one attached hydrogen (secondary N) is 1. The number of nitrogens with zero attached hydrogens (tertiary/aromatic N) is 3. The van der Waals surface area contributed by atoms with Crippen LogP contribution in [0.4, 0.5) is 5.69 Å². The second-order valence-electron chi connectivity index (χ2n) is 6.83. The van der Waals surface area contributed by atoms with E-state index in [2.05, 4.69) is 10.5 Å². The first kappa shape index (κ1) is 22.0. The minimum atomic E-state index is -0.509. The zero-order chi connectivity index (χ0) is 22.5. The van der Waals surface area contributed by atoms with E-state index in [1.807, 2.05) is 30.5 Å². The molecule has 0 atom stereocenters. The predicted octanol–water partition coefficient (Wildman–Crippen LogP) is 4.36. The Kier molecular flexibility index (Phi) is 6.71. The van der Waals surface area contributed by atoms with Crippen molar-refractivity contribution in [1.82, 2.24) is 9.99 Å². The normalized spacial score (nSPS) is 11.0. The first-order valence-electron chi connectivity index (χ1n) is 9.39. The first-order valence-corrected chi connectivity index (χ1v) is 9.76. The monoisotopic (exact) mass is 440 g/mol. The van der Waals surface area contributed by atoms with Crippen molar-refractivity contribution < 1.29 is 14.5 Å². The van der Waals surface area contributed by atoms with Gasteiger partial charge in [0.25, 0.3) is 5.69 Å². The van der Waals surface area contributed by atoms with Gasteiger partial charge >= 0.3 is 0 Å². The number of nitro benzene ring substituents is 1. The van der Waals surface area contributed by atoms with Gasteiger partial charge in [0.1, 0.15) is 5.75 Å². The third kappa shape index (κ3) is 4.92. The molecule has 0 bridgehead atoms.